The van der Waals surface area contributed by atoms with Gasteiger partial charge in [0.05, 0.1) is 17.8 Å². The zero-order valence-corrected chi connectivity index (χ0v) is 14.5. The molecule has 3 rings (SSSR count). The molecule has 2 aliphatic carbocycles. The highest BCUT2D eigenvalue weighted by atomic mass is 79.9. The number of nitrogens with zero attached hydrogens (tertiary/aromatic N) is 1. The van der Waals surface area contributed by atoms with E-state index in [2.05, 4.69) is 33.4 Å². The van der Waals surface area contributed by atoms with Crippen molar-refractivity contribution in [3.8, 4) is 5.75 Å². The van der Waals surface area contributed by atoms with Gasteiger partial charge in [0.25, 0.3) is 0 Å². The lowest BCUT2D eigenvalue weighted by Gasteiger charge is -2.15. The summed E-state index contributed by atoms with van der Waals surface area (Å²) in [5.74, 6) is 1.55. The predicted molar refractivity (Wildman–Crippen MR) is 90.0 cm³/mol. The van der Waals surface area contributed by atoms with Gasteiger partial charge in [-0.2, -0.15) is 5.10 Å². The Bertz CT molecular complexity index is 617. The van der Waals surface area contributed by atoms with E-state index in [-0.39, 0.29) is 17.2 Å². The van der Waals surface area contributed by atoms with Gasteiger partial charge in [0.1, 0.15) is 5.75 Å². The van der Waals surface area contributed by atoms with Crippen LogP contribution in [0.1, 0.15) is 38.2 Å². The fourth-order valence-corrected chi connectivity index (χ4v) is 4.41. The zero-order chi connectivity index (χ0) is 15.7. The molecule has 0 aromatic heterocycles. The van der Waals surface area contributed by atoms with Crippen LogP contribution in [0.15, 0.2) is 27.8 Å². The number of hydrazone groups is 1. The first kappa shape index (κ1) is 15.5. The van der Waals surface area contributed by atoms with E-state index < -0.39 is 0 Å². The molecule has 3 atom stereocenters. The Kier molecular flexibility index (Phi) is 4.26. The maximum absolute atomic E-state index is 12.3. The zero-order valence-electron chi connectivity index (χ0n) is 12.9. The Morgan fingerprint density at radius 3 is 2.95 bits per heavy atom. The number of fused-ring (bicyclic) bond motifs is 1. The molecule has 4 nitrogen and oxygen atoms in total. The summed E-state index contributed by atoms with van der Waals surface area (Å²) >= 11 is 3.44. The molecule has 0 bridgehead atoms. The third-order valence-electron chi connectivity index (χ3n) is 5.18. The van der Waals surface area contributed by atoms with E-state index in [0.717, 1.165) is 15.8 Å². The van der Waals surface area contributed by atoms with Gasteiger partial charge in [0.2, 0.25) is 5.91 Å². The number of nitrogens with one attached hydrogen (secondary N) is 1. The number of carbonyl (C=O) groups excluding carboxylic acids is 1. The number of rotatable bonds is 4. The Labute approximate surface area is 139 Å². The number of hydrogen-bond donors (Lipinski definition) is 1. The van der Waals surface area contributed by atoms with Gasteiger partial charge < -0.3 is 4.74 Å². The SMILES string of the molecule is COc1ccc(/C=N\NC(=O)[C@H]2[C@H]3CCCC[C@@]32C)cc1Br. The smallest absolute Gasteiger partial charge is 0.244 e. The van der Waals surface area contributed by atoms with Crippen molar-refractivity contribution in [3.05, 3.63) is 28.2 Å². The summed E-state index contributed by atoms with van der Waals surface area (Å²) in [5, 5.41) is 4.10. The lowest BCUT2D eigenvalue weighted by molar-refractivity contribution is -0.123. The molecule has 2 saturated carbocycles. The lowest BCUT2D eigenvalue weighted by atomic mass is 9.90. The van der Waals surface area contributed by atoms with Crippen LogP contribution in [0.4, 0.5) is 0 Å². The van der Waals surface area contributed by atoms with Crippen molar-refractivity contribution in [2.45, 2.75) is 32.6 Å². The van der Waals surface area contributed by atoms with E-state index in [1.807, 2.05) is 18.2 Å². The molecule has 0 heterocycles. The number of hydrogen-bond acceptors (Lipinski definition) is 3. The van der Waals surface area contributed by atoms with Gasteiger partial charge in [0, 0.05) is 5.92 Å². The molecule has 1 N–H and O–H groups in total. The van der Waals surface area contributed by atoms with Crippen LogP contribution < -0.4 is 10.2 Å². The van der Waals surface area contributed by atoms with Crippen molar-refractivity contribution >= 4 is 28.1 Å². The molecule has 0 saturated heterocycles. The summed E-state index contributed by atoms with van der Waals surface area (Å²) in [5.41, 5.74) is 3.84. The first-order valence-corrected chi connectivity index (χ1v) is 8.52. The lowest BCUT2D eigenvalue weighted by Crippen LogP contribution is -2.22. The topological polar surface area (TPSA) is 50.7 Å². The van der Waals surface area contributed by atoms with Crippen molar-refractivity contribution in [3.63, 3.8) is 0 Å². The van der Waals surface area contributed by atoms with Gasteiger partial charge in [-0.3, -0.25) is 4.79 Å². The molecule has 0 radical (unpaired) electrons. The highest BCUT2D eigenvalue weighted by Gasteiger charge is 2.64. The van der Waals surface area contributed by atoms with Crippen LogP contribution in [0.3, 0.4) is 0 Å². The van der Waals surface area contributed by atoms with Gasteiger partial charge in [-0.25, -0.2) is 5.43 Å². The number of carbonyl (C=O) groups is 1. The third-order valence-corrected chi connectivity index (χ3v) is 5.80. The first-order chi connectivity index (χ1) is 10.6. The minimum atomic E-state index is 0.0678. The molecule has 0 unspecified atom stereocenters. The van der Waals surface area contributed by atoms with Crippen LogP contribution in [-0.4, -0.2) is 19.2 Å². The second kappa shape index (κ2) is 6.03. The first-order valence-electron chi connectivity index (χ1n) is 7.73. The maximum atomic E-state index is 12.3. The molecule has 118 valence electrons. The van der Waals surface area contributed by atoms with Crippen molar-refractivity contribution in [1.82, 2.24) is 5.43 Å². The average Bonchev–Trinajstić information content (AvgIpc) is 3.13. The second-order valence-corrected chi connectivity index (χ2v) is 7.32. The summed E-state index contributed by atoms with van der Waals surface area (Å²) in [6.07, 6.45) is 6.53. The van der Waals surface area contributed by atoms with Crippen LogP contribution in [0.25, 0.3) is 0 Å². The van der Waals surface area contributed by atoms with E-state index in [0.29, 0.717) is 5.92 Å². The molecular formula is C17H21BrN2O2. The van der Waals surface area contributed by atoms with Gasteiger partial charge in [-0.05, 0) is 63.9 Å². The van der Waals surface area contributed by atoms with E-state index in [9.17, 15) is 4.79 Å². The van der Waals surface area contributed by atoms with E-state index in [1.54, 1.807) is 13.3 Å². The molecule has 0 spiro atoms. The van der Waals surface area contributed by atoms with Crippen LogP contribution in [0, 0.1) is 17.3 Å². The van der Waals surface area contributed by atoms with Gasteiger partial charge >= 0.3 is 0 Å². The molecule has 2 fully saturated rings. The summed E-state index contributed by atoms with van der Waals surface area (Å²) in [6, 6.07) is 5.67. The molecule has 1 aromatic carbocycles. The monoisotopic (exact) mass is 364 g/mol. The number of benzene rings is 1. The Hall–Kier alpha value is -1.36. The number of methoxy groups -OCH3 is 1. The van der Waals surface area contributed by atoms with Crippen LogP contribution >= 0.6 is 15.9 Å². The molecule has 2 aliphatic rings. The molecular weight excluding hydrogens is 344 g/mol. The Morgan fingerprint density at radius 1 is 1.50 bits per heavy atom. The second-order valence-electron chi connectivity index (χ2n) is 6.46. The maximum Gasteiger partial charge on any atom is 0.244 e. The number of halogens is 1. The summed E-state index contributed by atoms with van der Waals surface area (Å²) in [4.78, 5) is 12.3. The standard InChI is InChI=1S/C17H21BrN2O2/c1-17-8-4-3-5-12(17)15(17)16(21)20-19-10-11-6-7-14(22-2)13(18)9-11/h6-7,9-10,12,15H,3-5,8H2,1-2H3,(H,20,21)/b19-10-/t12-,15-,17+/m1/s1. The van der Waals surface area contributed by atoms with Crippen LogP contribution in [-0.2, 0) is 4.79 Å². The van der Waals surface area contributed by atoms with Gasteiger partial charge in [-0.1, -0.05) is 19.8 Å². The molecule has 5 heteroatoms. The predicted octanol–water partition coefficient (Wildman–Crippen LogP) is 3.73. The summed E-state index contributed by atoms with van der Waals surface area (Å²) in [7, 11) is 1.63. The van der Waals surface area contributed by atoms with Crippen molar-refractivity contribution in [1.29, 1.82) is 0 Å². The molecule has 22 heavy (non-hydrogen) atoms. The summed E-state index contributed by atoms with van der Waals surface area (Å²) in [6.45, 7) is 2.24. The largest absolute Gasteiger partial charge is 0.496 e. The highest BCUT2D eigenvalue weighted by Crippen LogP contribution is 2.66. The molecule has 0 aliphatic heterocycles. The quantitative estimate of drug-likeness (QED) is 0.653. The van der Waals surface area contributed by atoms with E-state index in [1.165, 1.54) is 25.7 Å². The van der Waals surface area contributed by atoms with Crippen molar-refractivity contribution < 1.29 is 9.53 Å². The minimum absolute atomic E-state index is 0.0678. The van der Waals surface area contributed by atoms with Crippen LogP contribution in [0.5, 0.6) is 5.75 Å². The fourth-order valence-electron chi connectivity index (χ4n) is 3.85. The fraction of sp³-hybridized carbons (Fsp3) is 0.529. The van der Waals surface area contributed by atoms with Gasteiger partial charge in [-0.15, -0.1) is 0 Å². The number of amides is 1. The van der Waals surface area contributed by atoms with E-state index in [4.69, 9.17) is 4.74 Å². The summed E-state index contributed by atoms with van der Waals surface area (Å²) < 4.78 is 6.05. The Morgan fingerprint density at radius 2 is 2.32 bits per heavy atom. The highest BCUT2D eigenvalue weighted by molar-refractivity contribution is 9.10. The van der Waals surface area contributed by atoms with Gasteiger partial charge in [0.15, 0.2) is 0 Å². The molecule has 1 amide bonds. The average molecular weight is 365 g/mol. The minimum Gasteiger partial charge on any atom is -0.496 e. The number of ether oxygens (including phenoxy) is 1. The van der Waals surface area contributed by atoms with Crippen molar-refractivity contribution in [2.75, 3.05) is 7.11 Å². The van der Waals surface area contributed by atoms with Crippen LogP contribution in [0.2, 0.25) is 0 Å². The van der Waals surface area contributed by atoms with Crippen molar-refractivity contribution in [2.24, 2.45) is 22.4 Å². The third kappa shape index (κ3) is 2.78. The normalized spacial score (nSPS) is 30.0. The van der Waals surface area contributed by atoms with E-state index >= 15 is 0 Å². The molecule has 1 aromatic rings. The Balaban J connectivity index is 1.58.